The highest BCUT2D eigenvalue weighted by Crippen LogP contribution is 2.37. The molecule has 0 saturated carbocycles. The van der Waals surface area contributed by atoms with Gasteiger partial charge in [-0.3, -0.25) is 0 Å². The van der Waals surface area contributed by atoms with Crippen molar-refractivity contribution in [3.8, 4) is 16.9 Å². The molecule has 2 rings (SSSR count). The van der Waals surface area contributed by atoms with E-state index in [-0.39, 0.29) is 16.1 Å². The Hall–Kier alpha value is -2.21. The second-order valence-electron chi connectivity index (χ2n) is 4.45. The Morgan fingerprint density at radius 2 is 1.86 bits per heavy atom. The Kier molecular flexibility index (Phi) is 4.32. The number of benzene rings is 2. The summed E-state index contributed by atoms with van der Waals surface area (Å²) in [5, 5.41) is 9.18. The van der Waals surface area contributed by atoms with E-state index in [4.69, 9.17) is 21.4 Å². The molecule has 0 spiro atoms. The molecule has 0 aromatic heterocycles. The van der Waals surface area contributed by atoms with Crippen molar-refractivity contribution in [3.05, 3.63) is 52.5 Å². The van der Waals surface area contributed by atoms with Crippen molar-refractivity contribution in [3.63, 3.8) is 0 Å². The first-order valence-corrected chi connectivity index (χ1v) is 6.39. The predicted octanol–water partition coefficient (Wildman–Crippen LogP) is 4.73. The van der Waals surface area contributed by atoms with E-state index in [2.05, 4.69) is 0 Å². The Labute approximate surface area is 128 Å². The van der Waals surface area contributed by atoms with Gasteiger partial charge >= 0.3 is 12.1 Å². The molecule has 0 fully saturated rings. The summed E-state index contributed by atoms with van der Waals surface area (Å²) < 4.78 is 43.8. The number of hydrogen-bond donors (Lipinski definition) is 1. The van der Waals surface area contributed by atoms with Crippen LogP contribution in [0.1, 0.15) is 15.9 Å². The zero-order valence-electron chi connectivity index (χ0n) is 11.2. The van der Waals surface area contributed by atoms with Gasteiger partial charge in [0.2, 0.25) is 0 Å². The normalized spacial score (nSPS) is 11.3. The first-order chi connectivity index (χ1) is 10.2. The zero-order chi connectivity index (χ0) is 16.5. The van der Waals surface area contributed by atoms with E-state index >= 15 is 0 Å². The predicted molar refractivity (Wildman–Crippen MR) is 75.4 cm³/mol. The van der Waals surface area contributed by atoms with Gasteiger partial charge in [-0.2, -0.15) is 13.2 Å². The third kappa shape index (κ3) is 3.33. The summed E-state index contributed by atoms with van der Waals surface area (Å²) in [6, 6.07) is 7.04. The van der Waals surface area contributed by atoms with Crippen molar-refractivity contribution in [2.75, 3.05) is 7.11 Å². The summed E-state index contributed by atoms with van der Waals surface area (Å²) in [4.78, 5) is 11.0. The quantitative estimate of drug-likeness (QED) is 0.884. The monoisotopic (exact) mass is 330 g/mol. The van der Waals surface area contributed by atoms with Crippen molar-refractivity contribution in [2.45, 2.75) is 6.18 Å². The number of methoxy groups -OCH3 is 1. The zero-order valence-corrected chi connectivity index (χ0v) is 12.0. The molecule has 1 N–H and O–H groups in total. The molecule has 0 unspecified atom stereocenters. The molecule has 2 aromatic carbocycles. The van der Waals surface area contributed by atoms with Crippen LogP contribution >= 0.6 is 11.6 Å². The standard InChI is InChI=1S/C15H10ClF3O3/c1-22-11-2-3-13(16)12(7-11)8-4-9(14(20)21)6-10(5-8)15(17,18)19/h2-7H,1H3,(H,20,21). The van der Waals surface area contributed by atoms with E-state index in [0.29, 0.717) is 11.8 Å². The molecule has 22 heavy (non-hydrogen) atoms. The van der Waals surface area contributed by atoms with Crippen LogP contribution in [-0.2, 0) is 6.18 Å². The lowest BCUT2D eigenvalue weighted by atomic mass is 9.99. The molecule has 0 bridgehead atoms. The molecule has 0 aliphatic carbocycles. The number of halogens is 4. The van der Waals surface area contributed by atoms with E-state index in [1.54, 1.807) is 6.07 Å². The molecule has 3 nitrogen and oxygen atoms in total. The SMILES string of the molecule is COc1ccc(Cl)c(-c2cc(C(=O)O)cc(C(F)(F)F)c2)c1. The van der Waals surface area contributed by atoms with E-state index in [1.807, 2.05) is 0 Å². The lowest BCUT2D eigenvalue weighted by Crippen LogP contribution is -2.08. The molecule has 7 heteroatoms. The fraction of sp³-hybridized carbons (Fsp3) is 0.133. The fourth-order valence-electron chi connectivity index (χ4n) is 1.92. The van der Waals surface area contributed by atoms with Gasteiger partial charge < -0.3 is 9.84 Å². The number of carboxylic acids is 1. The third-order valence-corrected chi connectivity index (χ3v) is 3.32. The van der Waals surface area contributed by atoms with Crippen LogP contribution < -0.4 is 4.74 Å². The average molecular weight is 331 g/mol. The molecular weight excluding hydrogens is 321 g/mol. The van der Waals surface area contributed by atoms with E-state index in [1.165, 1.54) is 19.2 Å². The lowest BCUT2D eigenvalue weighted by molar-refractivity contribution is -0.137. The molecule has 116 valence electrons. The van der Waals surface area contributed by atoms with Gasteiger partial charge in [-0.25, -0.2) is 4.79 Å². The number of carboxylic acid groups (broad SMARTS) is 1. The van der Waals surface area contributed by atoms with Crippen LogP contribution in [0.4, 0.5) is 13.2 Å². The van der Waals surface area contributed by atoms with Crippen LogP contribution in [-0.4, -0.2) is 18.2 Å². The smallest absolute Gasteiger partial charge is 0.416 e. The Morgan fingerprint density at radius 3 is 2.41 bits per heavy atom. The van der Waals surface area contributed by atoms with E-state index in [0.717, 1.165) is 12.1 Å². The first-order valence-electron chi connectivity index (χ1n) is 6.02. The molecule has 0 atom stereocenters. The van der Waals surface area contributed by atoms with Crippen LogP contribution in [0.5, 0.6) is 5.75 Å². The number of carbonyl (C=O) groups is 1. The summed E-state index contributed by atoms with van der Waals surface area (Å²) in [6.45, 7) is 0. The van der Waals surface area contributed by atoms with Crippen molar-refractivity contribution in [1.29, 1.82) is 0 Å². The van der Waals surface area contributed by atoms with Gasteiger partial charge in [-0.05, 0) is 42.0 Å². The van der Waals surface area contributed by atoms with Crippen molar-refractivity contribution in [2.24, 2.45) is 0 Å². The molecule has 0 radical (unpaired) electrons. The molecule has 2 aromatic rings. The number of aromatic carboxylic acids is 1. The summed E-state index contributed by atoms with van der Waals surface area (Å²) >= 11 is 6.00. The van der Waals surface area contributed by atoms with Gasteiger partial charge in [0.05, 0.1) is 18.2 Å². The molecule has 0 aliphatic heterocycles. The summed E-state index contributed by atoms with van der Waals surface area (Å²) in [7, 11) is 1.40. The van der Waals surface area contributed by atoms with Crippen molar-refractivity contribution < 1.29 is 27.8 Å². The lowest BCUT2D eigenvalue weighted by Gasteiger charge is -2.12. The summed E-state index contributed by atoms with van der Waals surface area (Å²) in [5.41, 5.74) is -1.21. The number of rotatable bonds is 3. The van der Waals surface area contributed by atoms with Crippen LogP contribution in [0, 0.1) is 0 Å². The van der Waals surface area contributed by atoms with Crippen molar-refractivity contribution >= 4 is 17.6 Å². The second-order valence-corrected chi connectivity index (χ2v) is 4.85. The van der Waals surface area contributed by atoms with E-state index in [9.17, 15) is 18.0 Å². The minimum Gasteiger partial charge on any atom is -0.497 e. The van der Waals surface area contributed by atoms with Gasteiger partial charge in [-0.1, -0.05) is 11.6 Å². The maximum atomic E-state index is 12.9. The fourth-order valence-corrected chi connectivity index (χ4v) is 2.15. The minimum atomic E-state index is -4.66. The number of alkyl halides is 3. The summed E-state index contributed by atoms with van der Waals surface area (Å²) in [5.74, 6) is -1.06. The Morgan fingerprint density at radius 1 is 1.18 bits per heavy atom. The maximum absolute atomic E-state index is 12.9. The first kappa shape index (κ1) is 16.2. The third-order valence-electron chi connectivity index (χ3n) is 2.99. The summed E-state index contributed by atoms with van der Waals surface area (Å²) in [6.07, 6.45) is -4.66. The number of ether oxygens (including phenoxy) is 1. The van der Waals surface area contributed by atoms with Gasteiger partial charge in [0.15, 0.2) is 0 Å². The maximum Gasteiger partial charge on any atom is 0.416 e. The van der Waals surface area contributed by atoms with Crippen molar-refractivity contribution in [1.82, 2.24) is 0 Å². The molecular formula is C15H10ClF3O3. The topological polar surface area (TPSA) is 46.5 Å². The van der Waals surface area contributed by atoms with Gasteiger partial charge in [0.25, 0.3) is 0 Å². The van der Waals surface area contributed by atoms with Crippen LogP contribution in [0.15, 0.2) is 36.4 Å². The highest BCUT2D eigenvalue weighted by molar-refractivity contribution is 6.33. The molecule has 0 amide bonds. The average Bonchev–Trinajstić information content (AvgIpc) is 2.46. The van der Waals surface area contributed by atoms with Gasteiger partial charge in [0, 0.05) is 10.6 Å². The second kappa shape index (κ2) is 5.88. The molecule has 0 saturated heterocycles. The number of hydrogen-bond acceptors (Lipinski definition) is 2. The Bertz CT molecular complexity index is 726. The van der Waals surface area contributed by atoms with E-state index < -0.39 is 23.3 Å². The van der Waals surface area contributed by atoms with Crippen LogP contribution in [0.2, 0.25) is 5.02 Å². The largest absolute Gasteiger partial charge is 0.497 e. The van der Waals surface area contributed by atoms with Gasteiger partial charge in [-0.15, -0.1) is 0 Å². The highest BCUT2D eigenvalue weighted by Gasteiger charge is 2.32. The highest BCUT2D eigenvalue weighted by atomic mass is 35.5. The molecule has 0 aliphatic rings. The Balaban J connectivity index is 2.69. The minimum absolute atomic E-state index is 0.0520. The van der Waals surface area contributed by atoms with Crippen LogP contribution in [0.3, 0.4) is 0 Å². The molecule has 0 heterocycles. The van der Waals surface area contributed by atoms with Crippen LogP contribution in [0.25, 0.3) is 11.1 Å². The van der Waals surface area contributed by atoms with Gasteiger partial charge in [0.1, 0.15) is 5.75 Å².